The molecule has 6 heteroatoms. The van der Waals surface area contributed by atoms with Crippen molar-refractivity contribution in [2.45, 2.75) is 25.9 Å². The predicted molar refractivity (Wildman–Crippen MR) is 83.8 cm³/mol. The Hall–Kier alpha value is -1.92. The summed E-state index contributed by atoms with van der Waals surface area (Å²) in [5.74, 6) is 0.442. The molecule has 0 aromatic carbocycles. The van der Waals surface area contributed by atoms with Crippen LogP contribution in [0.15, 0.2) is 30.5 Å². The Bertz CT molecular complexity index is 517. The van der Waals surface area contributed by atoms with Gasteiger partial charge in [0.05, 0.1) is 19.1 Å². The number of cyclic esters (lactones) is 1. The third kappa shape index (κ3) is 6.38. The maximum Gasteiger partial charge on any atom is 0.309 e. The molecular weight excluding hydrogens is 298 g/mol. The molecule has 6 nitrogen and oxygen atoms in total. The summed E-state index contributed by atoms with van der Waals surface area (Å²) in [6, 6.07) is 3.70. The van der Waals surface area contributed by atoms with E-state index in [4.69, 9.17) is 18.9 Å². The Labute approximate surface area is 136 Å². The monoisotopic (exact) mass is 321 g/mol. The van der Waals surface area contributed by atoms with Crippen LogP contribution < -0.4 is 4.74 Å². The Balaban J connectivity index is 1.69. The predicted octanol–water partition coefficient (Wildman–Crippen LogP) is 2.48. The molecule has 1 saturated heterocycles. The van der Waals surface area contributed by atoms with E-state index in [0.29, 0.717) is 32.1 Å². The molecule has 0 saturated carbocycles. The molecule has 0 radical (unpaired) electrons. The molecule has 0 bridgehead atoms. The third-order valence-corrected chi connectivity index (χ3v) is 3.46. The van der Waals surface area contributed by atoms with Crippen LogP contribution in [0.3, 0.4) is 0 Å². The van der Waals surface area contributed by atoms with Gasteiger partial charge < -0.3 is 18.9 Å². The third-order valence-electron chi connectivity index (χ3n) is 3.46. The fourth-order valence-corrected chi connectivity index (χ4v) is 2.28. The van der Waals surface area contributed by atoms with E-state index < -0.39 is 0 Å². The Morgan fingerprint density at radius 1 is 1.43 bits per heavy atom. The molecule has 0 spiro atoms. The van der Waals surface area contributed by atoms with Crippen LogP contribution >= 0.6 is 0 Å². The Morgan fingerprint density at radius 2 is 2.35 bits per heavy atom. The molecule has 1 atom stereocenters. The van der Waals surface area contributed by atoms with E-state index in [1.807, 2.05) is 24.3 Å². The van der Waals surface area contributed by atoms with Crippen LogP contribution in [-0.4, -0.2) is 38.1 Å². The van der Waals surface area contributed by atoms with E-state index in [9.17, 15) is 4.79 Å². The highest BCUT2D eigenvalue weighted by Crippen LogP contribution is 2.19. The zero-order valence-electron chi connectivity index (χ0n) is 13.4. The molecule has 126 valence electrons. The number of nitrogens with zero attached hydrogens (tertiary/aromatic N) is 1. The zero-order chi connectivity index (χ0) is 16.3. The lowest BCUT2D eigenvalue weighted by Crippen LogP contribution is -2.23. The van der Waals surface area contributed by atoms with E-state index in [1.54, 1.807) is 13.3 Å². The number of hydrogen-bond donors (Lipinski definition) is 0. The molecule has 1 aromatic heterocycles. The molecule has 2 heterocycles. The van der Waals surface area contributed by atoms with Gasteiger partial charge in [-0.05, 0) is 30.9 Å². The average Bonchev–Trinajstić information content (AvgIpc) is 2.57. The Kier molecular flexibility index (Phi) is 7.56. The van der Waals surface area contributed by atoms with Gasteiger partial charge >= 0.3 is 5.97 Å². The lowest BCUT2D eigenvalue weighted by molar-refractivity contribution is -0.152. The van der Waals surface area contributed by atoms with E-state index in [-0.39, 0.29) is 18.7 Å². The van der Waals surface area contributed by atoms with Crippen LogP contribution in [0.1, 0.15) is 24.8 Å². The second-order valence-electron chi connectivity index (χ2n) is 5.28. The average molecular weight is 321 g/mol. The van der Waals surface area contributed by atoms with Gasteiger partial charge in [0.15, 0.2) is 0 Å². The lowest BCUT2D eigenvalue weighted by atomic mass is 9.98. The number of rotatable bonds is 9. The van der Waals surface area contributed by atoms with Gasteiger partial charge in [-0.3, -0.25) is 4.79 Å². The number of allylic oxidation sites excluding steroid dienone is 1. The number of aromatic nitrogens is 1. The first-order valence-corrected chi connectivity index (χ1v) is 7.75. The first-order valence-electron chi connectivity index (χ1n) is 7.75. The highest BCUT2D eigenvalue weighted by atomic mass is 16.7. The zero-order valence-corrected chi connectivity index (χ0v) is 13.4. The number of carbonyl (C=O) groups is 1. The summed E-state index contributed by atoms with van der Waals surface area (Å²) < 4.78 is 20.7. The van der Waals surface area contributed by atoms with Crippen molar-refractivity contribution in [1.82, 2.24) is 4.98 Å². The molecule has 1 aliphatic rings. The van der Waals surface area contributed by atoms with Gasteiger partial charge in [-0.2, -0.15) is 0 Å². The van der Waals surface area contributed by atoms with Crippen LogP contribution in [0.2, 0.25) is 0 Å². The highest BCUT2D eigenvalue weighted by molar-refractivity contribution is 5.73. The van der Waals surface area contributed by atoms with Crippen LogP contribution in [-0.2, 0) is 25.6 Å². The number of pyridine rings is 1. The minimum atomic E-state index is -0.0905. The first-order chi connectivity index (χ1) is 11.3. The first kappa shape index (κ1) is 17.4. The van der Waals surface area contributed by atoms with Gasteiger partial charge in [0.25, 0.3) is 0 Å². The molecular formula is C17H23NO5. The minimum Gasteiger partial charge on any atom is -0.473 e. The maximum absolute atomic E-state index is 11.5. The number of methoxy groups -OCH3 is 1. The summed E-state index contributed by atoms with van der Waals surface area (Å²) in [5, 5.41) is 0. The van der Waals surface area contributed by atoms with E-state index in [1.165, 1.54) is 0 Å². The summed E-state index contributed by atoms with van der Waals surface area (Å²) in [6.45, 7) is 1.67. The molecule has 1 fully saturated rings. The van der Waals surface area contributed by atoms with Crippen molar-refractivity contribution >= 4 is 5.97 Å². The molecule has 2 rings (SSSR count). The largest absolute Gasteiger partial charge is 0.473 e. The van der Waals surface area contributed by atoms with Crippen LogP contribution in [0, 0.1) is 5.92 Å². The van der Waals surface area contributed by atoms with Crippen LogP contribution in [0.4, 0.5) is 0 Å². The van der Waals surface area contributed by atoms with Crippen molar-refractivity contribution in [2.75, 3.05) is 27.1 Å². The highest BCUT2D eigenvalue weighted by Gasteiger charge is 2.22. The maximum atomic E-state index is 11.5. The van der Waals surface area contributed by atoms with E-state index in [2.05, 4.69) is 4.98 Å². The summed E-state index contributed by atoms with van der Waals surface area (Å²) >= 11 is 0. The SMILES string of the molecule is COCOCc1ccnc(OCC=CCC2CCCOC2=O)c1. The van der Waals surface area contributed by atoms with Gasteiger partial charge in [0.2, 0.25) is 5.88 Å². The smallest absolute Gasteiger partial charge is 0.309 e. The van der Waals surface area contributed by atoms with Crippen molar-refractivity contribution in [2.24, 2.45) is 5.92 Å². The molecule has 0 aliphatic carbocycles. The van der Waals surface area contributed by atoms with Crippen molar-refractivity contribution in [3.8, 4) is 5.88 Å². The second kappa shape index (κ2) is 9.97. The fourth-order valence-electron chi connectivity index (χ4n) is 2.28. The summed E-state index contributed by atoms with van der Waals surface area (Å²) in [6.07, 6.45) is 8.08. The van der Waals surface area contributed by atoms with Crippen LogP contribution in [0.5, 0.6) is 5.88 Å². The van der Waals surface area contributed by atoms with E-state index in [0.717, 1.165) is 18.4 Å². The van der Waals surface area contributed by atoms with Crippen molar-refractivity contribution < 1.29 is 23.7 Å². The summed E-state index contributed by atoms with van der Waals surface area (Å²) in [5.41, 5.74) is 0.973. The number of carbonyl (C=O) groups excluding carboxylic acids is 1. The van der Waals surface area contributed by atoms with Gasteiger partial charge in [-0.15, -0.1) is 0 Å². The topological polar surface area (TPSA) is 66.9 Å². The van der Waals surface area contributed by atoms with Crippen molar-refractivity contribution in [3.63, 3.8) is 0 Å². The summed E-state index contributed by atoms with van der Waals surface area (Å²) in [4.78, 5) is 15.7. The van der Waals surface area contributed by atoms with Crippen molar-refractivity contribution in [1.29, 1.82) is 0 Å². The second-order valence-corrected chi connectivity index (χ2v) is 5.28. The normalized spacial score (nSPS) is 18.1. The standard InChI is InChI=1S/C17H23NO5/c1-20-13-21-12-14-7-8-18-16(11-14)22-9-3-2-5-15-6-4-10-23-17(15)19/h2-3,7-8,11,15H,4-6,9-10,12-13H2,1H3. The number of ether oxygens (including phenoxy) is 4. The molecule has 1 unspecified atom stereocenters. The number of hydrogen-bond acceptors (Lipinski definition) is 6. The Morgan fingerprint density at radius 3 is 3.17 bits per heavy atom. The molecule has 1 aromatic rings. The van der Waals surface area contributed by atoms with Gasteiger partial charge in [-0.1, -0.05) is 12.2 Å². The quantitative estimate of drug-likeness (QED) is 0.301. The summed E-state index contributed by atoms with van der Waals surface area (Å²) in [7, 11) is 1.58. The molecule has 23 heavy (non-hydrogen) atoms. The van der Waals surface area contributed by atoms with Gasteiger partial charge in [-0.25, -0.2) is 4.98 Å². The lowest BCUT2D eigenvalue weighted by Gasteiger charge is -2.19. The molecule has 0 N–H and O–H groups in total. The molecule has 0 amide bonds. The minimum absolute atomic E-state index is 0.0145. The molecule has 1 aliphatic heterocycles. The number of esters is 1. The van der Waals surface area contributed by atoms with Crippen LogP contribution in [0.25, 0.3) is 0 Å². The van der Waals surface area contributed by atoms with Gasteiger partial charge in [0, 0.05) is 19.4 Å². The van der Waals surface area contributed by atoms with Crippen molar-refractivity contribution in [3.05, 3.63) is 36.0 Å². The fraction of sp³-hybridized carbons (Fsp3) is 0.529. The van der Waals surface area contributed by atoms with Gasteiger partial charge in [0.1, 0.15) is 13.4 Å². The van der Waals surface area contributed by atoms with E-state index >= 15 is 0 Å².